The number of rotatable bonds is 4. The first-order chi connectivity index (χ1) is 10.2. The molecule has 1 aromatic rings. The van der Waals surface area contributed by atoms with Crippen molar-refractivity contribution < 1.29 is 9.47 Å². The normalized spacial score (nSPS) is 15.7. The van der Waals surface area contributed by atoms with Crippen LogP contribution in [0, 0.1) is 0 Å². The Labute approximate surface area is 149 Å². The van der Waals surface area contributed by atoms with Crippen LogP contribution in [-0.4, -0.2) is 38.2 Å². The molecule has 0 spiro atoms. The highest BCUT2D eigenvalue weighted by atomic mass is 127. The van der Waals surface area contributed by atoms with E-state index in [9.17, 15) is 0 Å². The molecule has 0 bridgehead atoms. The van der Waals surface area contributed by atoms with Crippen LogP contribution in [0.1, 0.15) is 31.2 Å². The molecule has 1 fully saturated rings. The van der Waals surface area contributed by atoms with Gasteiger partial charge in [-0.25, -0.2) is 4.99 Å². The zero-order valence-corrected chi connectivity index (χ0v) is 15.7. The van der Waals surface area contributed by atoms with Gasteiger partial charge in [-0.3, -0.25) is 0 Å². The molecular weight excluding hydrogens is 393 g/mol. The van der Waals surface area contributed by atoms with Gasteiger partial charge in [-0.05, 0) is 30.5 Å². The predicted molar refractivity (Wildman–Crippen MR) is 100 cm³/mol. The molecule has 0 unspecified atom stereocenters. The summed E-state index contributed by atoms with van der Waals surface area (Å²) < 4.78 is 10.5. The van der Waals surface area contributed by atoms with Crippen LogP contribution in [0.5, 0.6) is 11.5 Å². The van der Waals surface area contributed by atoms with Crippen molar-refractivity contribution in [1.82, 2.24) is 4.90 Å². The molecule has 1 aromatic carbocycles. The number of guanidine groups is 1. The first-order valence-electron chi connectivity index (χ1n) is 7.50. The Morgan fingerprint density at radius 2 is 1.73 bits per heavy atom. The third-order valence-electron chi connectivity index (χ3n) is 3.80. The molecule has 0 atom stereocenters. The number of hydrogen-bond acceptors (Lipinski definition) is 3. The number of halogens is 1. The molecule has 0 aliphatic carbocycles. The van der Waals surface area contributed by atoms with Crippen molar-refractivity contribution in [1.29, 1.82) is 0 Å². The van der Waals surface area contributed by atoms with Crippen molar-refractivity contribution in [2.24, 2.45) is 10.7 Å². The van der Waals surface area contributed by atoms with E-state index in [0.29, 0.717) is 12.5 Å². The molecule has 1 aliphatic heterocycles. The molecule has 5 nitrogen and oxygen atoms in total. The van der Waals surface area contributed by atoms with Crippen LogP contribution in [0.25, 0.3) is 0 Å². The minimum absolute atomic E-state index is 0. The van der Waals surface area contributed by atoms with Gasteiger partial charge in [-0.2, -0.15) is 0 Å². The fraction of sp³-hybridized carbons (Fsp3) is 0.562. The third kappa shape index (κ3) is 5.23. The zero-order valence-electron chi connectivity index (χ0n) is 13.4. The highest BCUT2D eigenvalue weighted by Crippen LogP contribution is 2.27. The zero-order chi connectivity index (χ0) is 15.1. The molecule has 2 rings (SSSR count). The summed E-state index contributed by atoms with van der Waals surface area (Å²) in [5, 5.41) is 0. The third-order valence-corrected chi connectivity index (χ3v) is 3.80. The van der Waals surface area contributed by atoms with Crippen LogP contribution in [-0.2, 0) is 6.54 Å². The van der Waals surface area contributed by atoms with Crippen molar-refractivity contribution in [2.45, 2.75) is 32.2 Å². The fourth-order valence-corrected chi connectivity index (χ4v) is 2.55. The summed E-state index contributed by atoms with van der Waals surface area (Å²) in [6.07, 6.45) is 4.98. The van der Waals surface area contributed by atoms with Gasteiger partial charge in [0.15, 0.2) is 17.5 Å². The summed E-state index contributed by atoms with van der Waals surface area (Å²) in [5.41, 5.74) is 7.17. The average molecular weight is 419 g/mol. The highest BCUT2D eigenvalue weighted by Gasteiger charge is 2.11. The second kappa shape index (κ2) is 9.76. The molecule has 1 saturated heterocycles. The van der Waals surface area contributed by atoms with Crippen LogP contribution in [0.15, 0.2) is 23.2 Å². The second-order valence-corrected chi connectivity index (χ2v) is 5.27. The Balaban J connectivity index is 0.00000242. The number of hydrogen-bond donors (Lipinski definition) is 1. The molecule has 0 aromatic heterocycles. The molecule has 124 valence electrons. The number of likely N-dealkylation sites (tertiary alicyclic amines) is 1. The Hall–Kier alpha value is -1.18. The first-order valence-corrected chi connectivity index (χ1v) is 7.50. The topological polar surface area (TPSA) is 60.1 Å². The van der Waals surface area contributed by atoms with Gasteiger partial charge in [0.05, 0.1) is 20.8 Å². The minimum atomic E-state index is 0. The molecule has 1 heterocycles. The van der Waals surface area contributed by atoms with Crippen molar-refractivity contribution in [3.8, 4) is 11.5 Å². The summed E-state index contributed by atoms with van der Waals surface area (Å²) in [6, 6.07) is 5.82. The summed E-state index contributed by atoms with van der Waals surface area (Å²) >= 11 is 0. The lowest BCUT2D eigenvalue weighted by Gasteiger charge is -2.21. The van der Waals surface area contributed by atoms with Crippen LogP contribution in [0.2, 0.25) is 0 Å². The number of ether oxygens (including phenoxy) is 2. The molecule has 0 saturated carbocycles. The number of nitrogens with zero attached hydrogens (tertiary/aromatic N) is 2. The molecule has 0 radical (unpaired) electrons. The minimum Gasteiger partial charge on any atom is -0.493 e. The van der Waals surface area contributed by atoms with Crippen LogP contribution in [0.4, 0.5) is 0 Å². The van der Waals surface area contributed by atoms with Gasteiger partial charge in [-0.1, -0.05) is 18.9 Å². The van der Waals surface area contributed by atoms with E-state index in [1.807, 2.05) is 18.2 Å². The van der Waals surface area contributed by atoms with Gasteiger partial charge in [-0.15, -0.1) is 24.0 Å². The van der Waals surface area contributed by atoms with Gasteiger partial charge in [0.2, 0.25) is 0 Å². The molecule has 6 heteroatoms. The van der Waals surface area contributed by atoms with Crippen LogP contribution < -0.4 is 15.2 Å². The van der Waals surface area contributed by atoms with E-state index in [-0.39, 0.29) is 24.0 Å². The lowest BCUT2D eigenvalue weighted by atomic mass is 10.2. The number of aliphatic imine (C=N–C) groups is 1. The first kappa shape index (κ1) is 18.9. The van der Waals surface area contributed by atoms with Gasteiger partial charge in [0, 0.05) is 13.1 Å². The maximum atomic E-state index is 6.11. The largest absolute Gasteiger partial charge is 0.493 e. The molecule has 22 heavy (non-hydrogen) atoms. The standard InChI is InChI=1S/C16H25N3O2.HI/c1-20-14-8-7-13(11-15(14)21-2)12-18-16(17)19-9-5-3-4-6-10-19;/h7-8,11H,3-6,9-10,12H2,1-2H3,(H2,17,18);1H. The number of nitrogens with two attached hydrogens (primary N) is 1. The van der Waals surface area contributed by atoms with E-state index in [4.69, 9.17) is 15.2 Å². The van der Waals surface area contributed by atoms with Gasteiger partial charge in [0.1, 0.15) is 0 Å². The highest BCUT2D eigenvalue weighted by molar-refractivity contribution is 14.0. The lowest BCUT2D eigenvalue weighted by molar-refractivity contribution is 0.354. The Morgan fingerprint density at radius 1 is 1.09 bits per heavy atom. The summed E-state index contributed by atoms with van der Waals surface area (Å²) in [6.45, 7) is 2.59. The van der Waals surface area contributed by atoms with Crippen molar-refractivity contribution in [3.05, 3.63) is 23.8 Å². The van der Waals surface area contributed by atoms with E-state index in [0.717, 1.165) is 30.2 Å². The smallest absolute Gasteiger partial charge is 0.191 e. The van der Waals surface area contributed by atoms with Gasteiger partial charge in [0.25, 0.3) is 0 Å². The molecule has 1 aliphatic rings. The van der Waals surface area contributed by atoms with E-state index >= 15 is 0 Å². The quantitative estimate of drug-likeness (QED) is 0.463. The van der Waals surface area contributed by atoms with E-state index in [2.05, 4.69) is 9.89 Å². The van der Waals surface area contributed by atoms with Crippen molar-refractivity contribution in [3.63, 3.8) is 0 Å². The number of methoxy groups -OCH3 is 2. The van der Waals surface area contributed by atoms with E-state index in [1.54, 1.807) is 14.2 Å². The second-order valence-electron chi connectivity index (χ2n) is 5.27. The van der Waals surface area contributed by atoms with E-state index in [1.165, 1.54) is 25.7 Å². The van der Waals surface area contributed by atoms with Gasteiger partial charge >= 0.3 is 0 Å². The predicted octanol–water partition coefficient (Wildman–Crippen LogP) is 3.01. The average Bonchev–Trinajstić information content (AvgIpc) is 2.81. The summed E-state index contributed by atoms with van der Waals surface area (Å²) in [5.74, 6) is 2.09. The maximum Gasteiger partial charge on any atom is 0.191 e. The summed E-state index contributed by atoms with van der Waals surface area (Å²) in [7, 11) is 3.27. The van der Waals surface area contributed by atoms with Crippen LogP contribution in [0.3, 0.4) is 0 Å². The maximum absolute atomic E-state index is 6.11. The SMILES string of the molecule is COc1ccc(CN=C(N)N2CCCCCC2)cc1OC.I. The molecule has 2 N–H and O–H groups in total. The Kier molecular flexibility index (Phi) is 8.37. The lowest BCUT2D eigenvalue weighted by Crippen LogP contribution is -2.38. The van der Waals surface area contributed by atoms with Gasteiger partial charge < -0.3 is 20.1 Å². The molecular formula is C16H26IN3O2. The van der Waals surface area contributed by atoms with Crippen LogP contribution >= 0.6 is 24.0 Å². The Morgan fingerprint density at radius 3 is 2.32 bits per heavy atom. The van der Waals surface area contributed by atoms with Crippen molar-refractivity contribution >= 4 is 29.9 Å². The monoisotopic (exact) mass is 419 g/mol. The van der Waals surface area contributed by atoms with Crippen molar-refractivity contribution in [2.75, 3.05) is 27.3 Å². The number of benzene rings is 1. The Bertz CT molecular complexity index is 486. The van der Waals surface area contributed by atoms with E-state index < -0.39 is 0 Å². The fourth-order valence-electron chi connectivity index (χ4n) is 2.55. The summed E-state index contributed by atoms with van der Waals surface area (Å²) in [4.78, 5) is 6.70. The molecule has 0 amide bonds.